The van der Waals surface area contributed by atoms with Gasteiger partial charge in [0.15, 0.2) is 0 Å². The van der Waals surface area contributed by atoms with Gasteiger partial charge in [-0.3, -0.25) is 14.5 Å². The summed E-state index contributed by atoms with van der Waals surface area (Å²) in [6, 6.07) is -0.395. The van der Waals surface area contributed by atoms with Gasteiger partial charge in [0.25, 0.3) is 5.91 Å². The summed E-state index contributed by atoms with van der Waals surface area (Å²) in [6.07, 6.45) is -0.792. The van der Waals surface area contributed by atoms with E-state index in [1.807, 2.05) is 19.0 Å². The second-order valence-electron chi connectivity index (χ2n) is 14.4. The lowest BCUT2D eigenvalue weighted by Gasteiger charge is -2.45. The van der Waals surface area contributed by atoms with Crippen LogP contribution in [0, 0.1) is 29.6 Å². The van der Waals surface area contributed by atoms with Crippen molar-refractivity contribution in [1.29, 1.82) is 0 Å². The molecule has 4 aliphatic rings. The number of nitrogens with zero attached hydrogens (tertiary/aromatic N) is 5. The third-order valence-electron chi connectivity index (χ3n) is 10.9. The van der Waals surface area contributed by atoms with Crippen LogP contribution in [-0.2, 0) is 9.59 Å². The highest BCUT2D eigenvalue weighted by atomic mass is 19.4. The molecule has 46 heavy (non-hydrogen) atoms. The van der Waals surface area contributed by atoms with Gasteiger partial charge in [-0.15, -0.1) is 0 Å². The molecule has 1 heterocycles. The van der Waals surface area contributed by atoms with Crippen molar-refractivity contribution >= 4 is 17.8 Å². The monoisotopic (exact) mass is 665 g/mol. The summed E-state index contributed by atoms with van der Waals surface area (Å²) in [6.45, 7) is 2.50. The summed E-state index contributed by atoms with van der Waals surface area (Å²) in [5.41, 5.74) is 0. The van der Waals surface area contributed by atoms with Gasteiger partial charge in [-0.1, -0.05) is 38.5 Å². The number of guanidine groups is 1. The number of rotatable bonds is 7. The number of alkyl halides is 6. The summed E-state index contributed by atoms with van der Waals surface area (Å²) >= 11 is 0. The Kier molecular flexibility index (Phi) is 12.7. The molecular formula is C33H53F6N5O2. The molecular weight excluding hydrogens is 612 g/mol. The van der Waals surface area contributed by atoms with Crippen molar-refractivity contribution in [1.82, 2.24) is 19.6 Å². The molecule has 7 nitrogen and oxygen atoms in total. The average Bonchev–Trinajstić information content (AvgIpc) is 3.02. The maximum absolute atomic E-state index is 14.0. The van der Waals surface area contributed by atoms with E-state index < -0.39 is 42.6 Å². The first-order valence-electron chi connectivity index (χ1n) is 17.3. The van der Waals surface area contributed by atoms with E-state index in [0.717, 1.165) is 64.2 Å². The van der Waals surface area contributed by atoms with E-state index >= 15 is 0 Å². The number of aliphatic imine (C=N–C) groups is 1. The molecule has 3 atom stereocenters. The zero-order valence-electron chi connectivity index (χ0n) is 27.7. The molecule has 264 valence electrons. The summed E-state index contributed by atoms with van der Waals surface area (Å²) in [5.74, 6) is -4.12. The smallest absolute Gasteiger partial charge is 0.349 e. The van der Waals surface area contributed by atoms with Crippen LogP contribution in [0.1, 0.15) is 89.9 Å². The topological polar surface area (TPSA) is 59.5 Å². The number of likely N-dealkylation sites (N-methyl/N-ethyl adjacent to an activating group) is 1. The zero-order chi connectivity index (χ0) is 33.6. The van der Waals surface area contributed by atoms with Crippen molar-refractivity contribution in [2.45, 2.75) is 108 Å². The molecule has 0 aromatic rings. The Morgan fingerprint density at radius 2 is 1.28 bits per heavy atom. The van der Waals surface area contributed by atoms with E-state index in [4.69, 9.17) is 0 Å². The quantitative estimate of drug-likeness (QED) is 0.175. The third-order valence-corrected chi connectivity index (χ3v) is 10.9. The van der Waals surface area contributed by atoms with Crippen LogP contribution in [0.15, 0.2) is 4.99 Å². The molecule has 2 amide bonds. The van der Waals surface area contributed by atoms with Crippen LogP contribution >= 0.6 is 0 Å². The molecule has 0 spiro atoms. The molecule has 4 fully saturated rings. The molecule has 13 heteroatoms. The van der Waals surface area contributed by atoms with E-state index in [9.17, 15) is 35.9 Å². The Bertz CT molecular complexity index is 1010. The molecule has 4 rings (SSSR count). The number of amides is 2. The average molecular weight is 666 g/mol. The summed E-state index contributed by atoms with van der Waals surface area (Å²) in [7, 11) is 5.39. The molecule has 0 aromatic heterocycles. The van der Waals surface area contributed by atoms with Crippen LogP contribution in [0.25, 0.3) is 0 Å². The molecule has 3 aliphatic carbocycles. The highest BCUT2D eigenvalue weighted by Crippen LogP contribution is 2.48. The minimum atomic E-state index is -4.67. The predicted molar refractivity (Wildman–Crippen MR) is 165 cm³/mol. The number of halogens is 6. The summed E-state index contributed by atoms with van der Waals surface area (Å²) in [5, 5.41) is 0. The fourth-order valence-corrected chi connectivity index (χ4v) is 8.22. The predicted octanol–water partition coefficient (Wildman–Crippen LogP) is 6.58. The number of hydrogen-bond acceptors (Lipinski definition) is 3. The number of carbonyl (C=O) groups excluding carboxylic acids is 2. The molecule has 1 saturated heterocycles. The maximum atomic E-state index is 14.0. The highest BCUT2D eigenvalue weighted by molar-refractivity contribution is 5.94. The van der Waals surface area contributed by atoms with E-state index in [1.165, 1.54) is 0 Å². The standard InChI is InChI=1S/C33H53F6N5O2/c1-41(2)31(40-29(45)25-12-8-5-9-13-25)44-18-16-43(17-19-44)28(24-10-6-4-7-11-24)30(46)42(3)15-14-23-20-26(32(34,35)36)22-27(21-23)33(37,38)39/h23-28H,4-22H2,1-3H3. The zero-order valence-corrected chi connectivity index (χ0v) is 27.7. The Labute approximate surface area is 270 Å². The van der Waals surface area contributed by atoms with Gasteiger partial charge in [-0.25, -0.2) is 0 Å². The summed E-state index contributed by atoms with van der Waals surface area (Å²) in [4.78, 5) is 39.3. The van der Waals surface area contributed by atoms with Gasteiger partial charge in [-0.2, -0.15) is 31.3 Å². The normalized spacial score (nSPS) is 27.4. The van der Waals surface area contributed by atoms with Crippen molar-refractivity contribution in [3.05, 3.63) is 0 Å². The SMILES string of the molecule is CN(C)C(=NC(=O)C1CCCCC1)N1CCN(C(C(=O)N(C)CCC2CC(C(F)(F)F)CC(C(F)(F)F)C2)C2CCCCC2)CC1. The molecule has 3 saturated carbocycles. The van der Waals surface area contributed by atoms with Crippen LogP contribution in [0.4, 0.5) is 26.3 Å². The first kappa shape index (κ1) is 36.8. The molecule has 1 aliphatic heterocycles. The van der Waals surface area contributed by atoms with Gasteiger partial charge < -0.3 is 14.7 Å². The maximum Gasteiger partial charge on any atom is 0.391 e. The summed E-state index contributed by atoms with van der Waals surface area (Å²) < 4.78 is 81.1. The van der Waals surface area contributed by atoms with Crippen LogP contribution in [0.2, 0.25) is 0 Å². The number of piperazine rings is 1. The molecule has 0 bridgehead atoms. The van der Waals surface area contributed by atoms with Gasteiger partial charge in [0.05, 0.1) is 17.9 Å². The van der Waals surface area contributed by atoms with Gasteiger partial charge in [-0.05, 0) is 63.2 Å². The molecule has 0 aromatic carbocycles. The van der Waals surface area contributed by atoms with Gasteiger partial charge in [0, 0.05) is 59.8 Å². The Balaban J connectivity index is 1.41. The van der Waals surface area contributed by atoms with Crippen LogP contribution in [-0.4, -0.2) is 110 Å². The van der Waals surface area contributed by atoms with Crippen molar-refractivity contribution in [2.75, 3.05) is 53.9 Å². The molecule has 0 N–H and O–H groups in total. The van der Waals surface area contributed by atoms with E-state index in [2.05, 4.69) is 14.8 Å². The fourth-order valence-electron chi connectivity index (χ4n) is 8.22. The largest absolute Gasteiger partial charge is 0.391 e. The van der Waals surface area contributed by atoms with E-state index in [0.29, 0.717) is 32.1 Å². The van der Waals surface area contributed by atoms with Gasteiger partial charge >= 0.3 is 12.4 Å². The van der Waals surface area contributed by atoms with Crippen LogP contribution in [0.3, 0.4) is 0 Å². The van der Waals surface area contributed by atoms with Gasteiger partial charge in [0.2, 0.25) is 11.9 Å². The lowest BCUT2D eigenvalue weighted by atomic mass is 9.73. The first-order valence-corrected chi connectivity index (χ1v) is 17.3. The second kappa shape index (κ2) is 15.9. The van der Waals surface area contributed by atoms with E-state index in [-0.39, 0.29) is 49.5 Å². The Morgan fingerprint density at radius 1 is 0.761 bits per heavy atom. The fraction of sp³-hybridized carbons (Fsp3) is 0.909. The molecule has 3 unspecified atom stereocenters. The minimum absolute atomic E-state index is 0.0267. The van der Waals surface area contributed by atoms with Crippen molar-refractivity contribution in [2.24, 2.45) is 34.6 Å². The molecule has 0 radical (unpaired) electrons. The Hall–Kier alpha value is -2.05. The third kappa shape index (κ3) is 9.75. The van der Waals surface area contributed by atoms with Crippen LogP contribution < -0.4 is 0 Å². The van der Waals surface area contributed by atoms with Gasteiger partial charge in [0.1, 0.15) is 0 Å². The lowest BCUT2D eigenvalue weighted by Crippen LogP contribution is -2.59. The highest BCUT2D eigenvalue weighted by Gasteiger charge is 2.51. The van der Waals surface area contributed by atoms with Crippen LogP contribution in [0.5, 0.6) is 0 Å². The second-order valence-corrected chi connectivity index (χ2v) is 14.4. The van der Waals surface area contributed by atoms with Crippen molar-refractivity contribution in [3.8, 4) is 0 Å². The number of carbonyl (C=O) groups is 2. The van der Waals surface area contributed by atoms with Crippen molar-refractivity contribution < 1.29 is 35.9 Å². The minimum Gasteiger partial charge on any atom is -0.349 e. The lowest BCUT2D eigenvalue weighted by molar-refractivity contribution is -0.229. The van der Waals surface area contributed by atoms with Crippen molar-refractivity contribution in [3.63, 3.8) is 0 Å². The Morgan fingerprint density at radius 3 is 1.78 bits per heavy atom. The number of hydrogen-bond donors (Lipinski definition) is 0. The van der Waals surface area contributed by atoms with E-state index in [1.54, 1.807) is 11.9 Å². The first-order chi connectivity index (χ1) is 21.6.